The number of esters is 1. The Kier molecular flexibility index (Phi) is 3.54. The van der Waals surface area contributed by atoms with Crippen LogP contribution in [-0.4, -0.2) is 43.3 Å². The topological polar surface area (TPSA) is 55.8 Å². The lowest BCUT2D eigenvalue weighted by atomic mass is 9.50. The Hall–Kier alpha value is -1.26. The molecule has 5 heteroatoms. The summed E-state index contributed by atoms with van der Waals surface area (Å²) in [6.45, 7) is 2.03. The van der Waals surface area contributed by atoms with Gasteiger partial charge in [-0.15, -0.1) is 0 Å². The van der Waals surface area contributed by atoms with Crippen molar-refractivity contribution < 1.29 is 19.1 Å². The SMILES string of the molecule is O=C(CCN1CCOC1=O)OCC12CC3CC(CC(C3)C1)C2. The fourth-order valence-electron chi connectivity index (χ4n) is 5.63. The molecule has 5 nitrogen and oxygen atoms in total. The maximum atomic E-state index is 12.0. The largest absolute Gasteiger partial charge is 0.465 e. The van der Waals surface area contributed by atoms with Gasteiger partial charge in [0, 0.05) is 12.0 Å². The van der Waals surface area contributed by atoms with Crippen molar-refractivity contribution in [1.82, 2.24) is 4.90 Å². The molecular weight excluding hydrogens is 282 g/mol. The second-order valence-corrected chi connectivity index (χ2v) is 7.93. The lowest BCUT2D eigenvalue weighted by Crippen LogP contribution is -2.48. The van der Waals surface area contributed by atoms with E-state index in [1.165, 1.54) is 38.5 Å². The average Bonchev–Trinajstić information content (AvgIpc) is 2.87. The highest BCUT2D eigenvalue weighted by molar-refractivity contribution is 5.72. The van der Waals surface area contributed by atoms with Crippen LogP contribution in [-0.2, 0) is 14.3 Å². The van der Waals surface area contributed by atoms with E-state index < -0.39 is 0 Å². The van der Waals surface area contributed by atoms with Crippen molar-refractivity contribution in [3.05, 3.63) is 0 Å². The highest BCUT2D eigenvalue weighted by Crippen LogP contribution is 2.60. The van der Waals surface area contributed by atoms with Crippen LogP contribution in [0.3, 0.4) is 0 Å². The summed E-state index contributed by atoms with van der Waals surface area (Å²) in [7, 11) is 0. The van der Waals surface area contributed by atoms with Crippen LogP contribution in [0, 0.1) is 23.2 Å². The average molecular weight is 307 g/mol. The van der Waals surface area contributed by atoms with E-state index in [-0.39, 0.29) is 23.9 Å². The van der Waals surface area contributed by atoms with E-state index >= 15 is 0 Å². The van der Waals surface area contributed by atoms with Crippen molar-refractivity contribution in [3.8, 4) is 0 Å². The van der Waals surface area contributed by atoms with Crippen molar-refractivity contribution >= 4 is 12.1 Å². The van der Waals surface area contributed by atoms with Gasteiger partial charge in [0.15, 0.2) is 0 Å². The normalized spacial score (nSPS) is 39.2. The summed E-state index contributed by atoms with van der Waals surface area (Å²) >= 11 is 0. The molecule has 1 aliphatic heterocycles. The van der Waals surface area contributed by atoms with Crippen LogP contribution in [0.25, 0.3) is 0 Å². The van der Waals surface area contributed by atoms with Gasteiger partial charge in [0.25, 0.3) is 0 Å². The lowest BCUT2D eigenvalue weighted by Gasteiger charge is -2.56. The molecule has 0 aromatic carbocycles. The van der Waals surface area contributed by atoms with Crippen molar-refractivity contribution in [2.45, 2.75) is 44.9 Å². The monoisotopic (exact) mass is 307 g/mol. The predicted octanol–water partition coefficient (Wildman–Crippen LogP) is 2.59. The van der Waals surface area contributed by atoms with Gasteiger partial charge in [0.2, 0.25) is 0 Å². The van der Waals surface area contributed by atoms with Crippen molar-refractivity contribution in [1.29, 1.82) is 0 Å². The van der Waals surface area contributed by atoms with Gasteiger partial charge in [-0.1, -0.05) is 0 Å². The molecule has 0 aromatic rings. The number of cyclic esters (lactones) is 1. The zero-order chi connectivity index (χ0) is 15.2. The van der Waals surface area contributed by atoms with Crippen LogP contribution in [0.2, 0.25) is 0 Å². The molecule has 4 bridgehead atoms. The van der Waals surface area contributed by atoms with E-state index in [0.29, 0.717) is 26.3 Å². The third-order valence-corrected chi connectivity index (χ3v) is 6.14. The van der Waals surface area contributed by atoms with Gasteiger partial charge in [0.1, 0.15) is 6.61 Å². The molecule has 0 N–H and O–H groups in total. The molecule has 1 heterocycles. The van der Waals surface area contributed by atoms with Crippen LogP contribution in [0.4, 0.5) is 4.79 Å². The Balaban J connectivity index is 1.26. The molecule has 5 rings (SSSR count). The number of rotatable bonds is 5. The molecule has 0 radical (unpaired) electrons. The Bertz CT molecular complexity index is 440. The van der Waals surface area contributed by atoms with Crippen LogP contribution < -0.4 is 0 Å². The van der Waals surface area contributed by atoms with Gasteiger partial charge in [-0.2, -0.15) is 0 Å². The van der Waals surface area contributed by atoms with Crippen molar-refractivity contribution in [2.75, 3.05) is 26.3 Å². The molecule has 5 aliphatic rings. The summed E-state index contributed by atoms with van der Waals surface area (Å²) in [6, 6.07) is 0. The molecule has 1 amide bonds. The maximum Gasteiger partial charge on any atom is 0.409 e. The minimum absolute atomic E-state index is 0.171. The smallest absolute Gasteiger partial charge is 0.409 e. The highest BCUT2D eigenvalue weighted by atomic mass is 16.6. The second kappa shape index (κ2) is 5.43. The number of nitrogens with zero attached hydrogens (tertiary/aromatic N) is 1. The minimum atomic E-state index is -0.311. The summed E-state index contributed by atoms with van der Waals surface area (Å²) in [5.74, 6) is 2.47. The molecule has 0 unspecified atom stereocenters. The lowest BCUT2D eigenvalue weighted by molar-refractivity contribution is -0.155. The number of ether oxygens (including phenoxy) is 2. The van der Waals surface area contributed by atoms with Crippen LogP contribution in [0.1, 0.15) is 44.9 Å². The van der Waals surface area contributed by atoms with E-state index in [0.717, 1.165) is 17.8 Å². The molecule has 0 atom stereocenters. The molecule has 0 aromatic heterocycles. The highest BCUT2D eigenvalue weighted by Gasteiger charge is 2.51. The van der Waals surface area contributed by atoms with E-state index in [4.69, 9.17) is 9.47 Å². The van der Waals surface area contributed by atoms with Gasteiger partial charge in [-0.25, -0.2) is 4.79 Å². The third kappa shape index (κ3) is 2.70. The Morgan fingerprint density at radius 2 is 1.82 bits per heavy atom. The van der Waals surface area contributed by atoms with Gasteiger partial charge in [0.05, 0.1) is 19.6 Å². The maximum absolute atomic E-state index is 12.0. The van der Waals surface area contributed by atoms with Crippen molar-refractivity contribution in [3.63, 3.8) is 0 Å². The third-order valence-electron chi connectivity index (χ3n) is 6.14. The van der Waals surface area contributed by atoms with Crippen LogP contribution in [0.15, 0.2) is 0 Å². The molecule has 4 saturated carbocycles. The predicted molar refractivity (Wildman–Crippen MR) is 79.1 cm³/mol. The number of hydrogen-bond donors (Lipinski definition) is 0. The first kappa shape index (κ1) is 14.3. The van der Waals surface area contributed by atoms with E-state index in [9.17, 15) is 9.59 Å². The fraction of sp³-hybridized carbons (Fsp3) is 0.882. The summed E-state index contributed by atoms with van der Waals surface area (Å²) in [4.78, 5) is 24.9. The molecule has 1 saturated heterocycles. The Morgan fingerprint density at radius 1 is 1.18 bits per heavy atom. The molecule has 4 aliphatic carbocycles. The summed E-state index contributed by atoms with van der Waals surface area (Å²) in [6.07, 6.45) is 7.95. The zero-order valence-electron chi connectivity index (χ0n) is 13.1. The quantitative estimate of drug-likeness (QED) is 0.733. The fourth-order valence-corrected chi connectivity index (χ4v) is 5.63. The van der Waals surface area contributed by atoms with Gasteiger partial charge >= 0.3 is 12.1 Å². The number of hydrogen-bond acceptors (Lipinski definition) is 4. The second-order valence-electron chi connectivity index (χ2n) is 7.93. The first-order chi connectivity index (χ1) is 10.6. The van der Waals surface area contributed by atoms with Crippen LogP contribution in [0.5, 0.6) is 0 Å². The van der Waals surface area contributed by atoms with Gasteiger partial charge < -0.3 is 14.4 Å². The van der Waals surface area contributed by atoms with Crippen molar-refractivity contribution in [2.24, 2.45) is 23.2 Å². The summed E-state index contributed by atoms with van der Waals surface area (Å²) in [5, 5.41) is 0. The van der Waals surface area contributed by atoms with E-state index in [1.807, 2.05) is 0 Å². The van der Waals surface area contributed by atoms with E-state index in [1.54, 1.807) is 4.90 Å². The van der Waals surface area contributed by atoms with Gasteiger partial charge in [-0.05, 0) is 56.3 Å². The van der Waals surface area contributed by atoms with Crippen LogP contribution >= 0.6 is 0 Å². The molecule has 5 fully saturated rings. The summed E-state index contributed by atoms with van der Waals surface area (Å²) < 4.78 is 10.5. The molecule has 0 spiro atoms. The number of carbonyl (C=O) groups excluding carboxylic acids is 2. The molecule has 22 heavy (non-hydrogen) atoms. The number of carbonyl (C=O) groups is 2. The standard InChI is InChI=1S/C17H25NO4/c19-15(1-2-18-3-4-21-16(18)20)22-11-17-8-12-5-13(9-17)7-14(6-12)10-17/h12-14H,1-11H2. The first-order valence-corrected chi connectivity index (χ1v) is 8.69. The molecular formula is C17H25NO4. The Labute approximate surface area is 131 Å². The first-order valence-electron chi connectivity index (χ1n) is 8.69. The van der Waals surface area contributed by atoms with E-state index in [2.05, 4.69) is 0 Å². The number of amides is 1. The summed E-state index contributed by atoms with van der Waals surface area (Å²) in [5.41, 5.74) is 0.275. The minimum Gasteiger partial charge on any atom is -0.465 e. The zero-order valence-corrected chi connectivity index (χ0v) is 13.1. The Morgan fingerprint density at radius 3 is 2.36 bits per heavy atom. The molecule has 122 valence electrons. The van der Waals surface area contributed by atoms with Gasteiger partial charge in [-0.3, -0.25) is 4.79 Å².